The van der Waals surface area contributed by atoms with Crippen LogP contribution in [0.3, 0.4) is 0 Å². The molecule has 3 nitrogen and oxygen atoms in total. The van der Waals surface area contributed by atoms with Crippen molar-refractivity contribution in [2.75, 3.05) is 0 Å². The summed E-state index contributed by atoms with van der Waals surface area (Å²) in [4.78, 5) is 23.3. The monoisotopic (exact) mass is 178 g/mol. The van der Waals surface area contributed by atoms with E-state index in [2.05, 4.69) is 0 Å². The molecule has 0 aromatic carbocycles. The van der Waals surface area contributed by atoms with Gasteiger partial charge < -0.3 is 4.74 Å². The van der Waals surface area contributed by atoms with Gasteiger partial charge in [-0.05, 0) is 37.5 Å². The molecule has 1 heterocycles. The number of ether oxygens (including phenoxy) is 1. The molecule has 68 valence electrons. The van der Waals surface area contributed by atoms with E-state index >= 15 is 0 Å². The van der Waals surface area contributed by atoms with Crippen molar-refractivity contribution in [1.29, 1.82) is 0 Å². The maximum Gasteiger partial charge on any atom is 0.320 e. The Morgan fingerprint density at radius 2 is 1.31 bits per heavy atom. The van der Waals surface area contributed by atoms with E-state index in [0.29, 0.717) is 11.8 Å². The smallest absolute Gasteiger partial charge is 0.320 e. The summed E-state index contributed by atoms with van der Waals surface area (Å²) in [6, 6.07) is 0. The number of hydrogen-bond acceptors (Lipinski definition) is 3. The molecule has 13 heavy (non-hydrogen) atoms. The summed E-state index contributed by atoms with van der Waals surface area (Å²) in [6.07, 6.45) is 3.73. The van der Waals surface area contributed by atoms with Crippen molar-refractivity contribution in [3.05, 3.63) is 0 Å². The Bertz CT molecular complexity index is 311. The van der Waals surface area contributed by atoms with Crippen molar-refractivity contribution in [1.82, 2.24) is 0 Å². The predicted octanol–water partition coefficient (Wildman–Crippen LogP) is 0.876. The van der Waals surface area contributed by atoms with E-state index in [0.717, 1.165) is 25.7 Å². The summed E-state index contributed by atoms with van der Waals surface area (Å²) in [5, 5.41) is 0. The quantitative estimate of drug-likeness (QED) is 0.408. The van der Waals surface area contributed by atoms with Gasteiger partial charge in [0, 0.05) is 0 Å². The molecule has 0 aromatic heterocycles. The Hall–Kier alpha value is -0.860. The highest BCUT2D eigenvalue weighted by molar-refractivity contribution is 6.03. The van der Waals surface area contributed by atoms with Crippen LogP contribution in [-0.4, -0.2) is 11.9 Å². The molecule has 2 spiro atoms. The molecule has 4 bridgehead atoms. The van der Waals surface area contributed by atoms with Crippen molar-refractivity contribution in [3.63, 3.8) is 0 Å². The second-order valence-corrected chi connectivity index (χ2v) is 5.18. The van der Waals surface area contributed by atoms with Gasteiger partial charge in [-0.25, -0.2) is 0 Å². The van der Waals surface area contributed by atoms with Crippen LogP contribution in [0.1, 0.15) is 25.7 Å². The molecule has 0 aromatic rings. The molecule has 5 fully saturated rings. The van der Waals surface area contributed by atoms with E-state index in [4.69, 9.17) is 4.74 Å². The first-order chi connectivity index (χ1) is 6.18. The fraction of sp³-hybridized carbons (Fsp3) is 0.800. The van der Waals surface area contributed by atoms with Crippen LogP contribution in [0.4, 0.5) is 0 Å². The van der Waals surface area contributed by atoms with Gasteiger partial charge in [-0.15, -0.1) is 0 Å². The molecule has 0 amide bonds. The molecular weight excluding hydrogens is 168 g/mol. The average Bonchev–Trinajstić information content (AvgIpc) is 2.71. The molecule has 4 saturated carbocycles. The molecule has 5 aliphatic rings. The minimum absolute atomic E-state index is 0.208. The highest BCUT2D eigenvalue weighted by atomic mass is 16.6. The maximum absolute atomic E-state index is 11.6. The van der Waals surface area contributed by atoms with Crippen molar-refractivity contribution >= 4 is 11.9 Å². The second kappa shape index (κ2) is 1.45. The third-order valence-electron chi connectivity index (χ3n) is 4.99. The van der Waals surface area contributed by atoms with E-state index in [9.17, 15) is 9.59 Å². The van der Waals surface area contributed by atoms with Gasteiger partial charge in [0.1, 0.15) is 0 Å². The zero-order valence-corrected chi connectivity index (χ0v) is 7.21. The number of cyclic esters (lactones) is 2. The number of esters is 2. The lowest BCUT2D eigenvalue weighted by molar-refractivity contribution is -0.156. The van der Waals surface area contributed by atoms with Gasteiger partial charge in [-0.1, -0.05) is 0 Å². The summed E-state index contributed by atoms with van der Waals surface area (Å²) >= 11 is 0. The van der Waals surface area contributed by atoms with E-state index < -0.39 is 0 Å². The molecule has 3 heteroatoms. The topological polar surface area (TPSA) is 43.4 Å². The van der Waals surface area contributed by atoms with Crippen molar-refractivity contribution in [2.24, 2.45) is 22.7 Å². The Kier molecular flexibility index (Phi) is 0.731. The minimum Gasteiger partial charge on any atom is -0.392 e. The highest BCUT2D eigenvalue weighted by Gasteiger charge is 2.82. The van der Waals surface area contributed by atoms with Crippen LogP contribution in [0.15, 0.2) is 0 Å². The fourth-order valence-corrected chi connectivity index (χ4v) is 4.55. The Balaban J connectivity index is 2.05. The van der Waals surface area contributed by atoms with Crippen molar-refractivity contribution < 1.29 is 14.3 Å². The molecule has 4 aliphatic carbocycles. The molecule has 1 saturated heterocycles. The first kappa shape index (κ1) is 6.57. The molecular formula is C10H10O3. The summed E-state index contributed by atoms with van der Waals surface area (Å²) in [6.45, 7) is 0. The molecule has 0 atom stereocenters. The van der Waals surface area contributed by atoms with Crippen LogP contribution in [0, 0.1) is 22.7 Å². The van der Waals surface area contributed by atoms with E-state index in [1.54, 1.807) is 0 Å². The van der Waals surface area contributed by atoms with Gasteiger partial charge in [-0.2, -0.15) is 0 Å². The lowest BCUT2D eigenvalue weighted by Crippen LogP contribution is -2.35. The maximum atomic E-state index is 11.6. The molecule has 1 aliphatic heterocycles. The number of carbonyl (C=O) groups excluding carboxylic acids is 2. The zero-order chi connectivity index (χ0) is 8.84. The van der Waals surface area contributed by atoms with Gasteiger partial charge in [-0.3, -0.25) is 9.59 Å². The summed E-state index contributed by atoms with van der Waals surface area (Å²) in [7, 11) is 0. The highest BCUT2D eigenvalue weighted by Crippen LogP contribution is 2.79. The first-order valence-corrected chi connectivity index (χ1v) is 4.95. The van der Waals surface area contributed by atoms with Crippen LogP contribution in [0.5, 0.6) is 0 Å². The predicted molar refractivity (Wildman–Crippen MR) is 41.4 cm³/mol. The lowest BCUT2D eigenvalue weighted by Gasteiger charge is -2.25. The summed E-state index contributed by atoms with van der Waals surface area (Å²) in [5.74, 6) is 0.883. The standard InChI is InChI=1S/C10H10O3/c11-7-9-1-5-2-10(9,8(12)13-7)4-6(5)3-9/h5-6H,1-4H2. The Morgan fingerprint density at radius 1 is 0.923 bits per heavy atom. The molecule has 0 unspecified atom stereocenters. The largest absolute Gasteiger partial charge is 0.392 e. The third-order valence-corrected chi connectivity index (χ3v) is 4.99. The second-order valence-electron chi connectivity index (χ2n) is 5.18. The Morgan fingerprint density at radius 3 is 1.69 bits per heavy atom. The molecule has 0 radical (unpaired) electrons. The van der Waals surface area contributed by atoms with Gasteiger partial charge in [0.2, 0.25) is 0 Å². The SMILES string of the molecule is O=C1OC(=O)C23CC4CC12CC4C3. The summed E-state index contributed by atoms with van der Waals surface area (Å²) in [5.41, 5.74) is -0.696. The van der Waals surface area contributed by atoms with Crippen molar-refractivity contribution in [3.8, 4) is 0 Å². The van der Waals surface area contributed by atoms with Crippen LogP contribution >= 0.6 is 0 Å². The first-order valence-electron chi connectivity index (χ1n) is 4.95. The fourth-order valence-electron chi connectivity index (χ4n) is 4.55. The lowest BCUT2D eigenvalue weighted by atomic mass is 9.70. The van der Waals surface area contributed by atoms with Crippen LogP contribution in [0.2, 0.25) is 0 Å². The van der Waals surface area contributed by atoms with E-state index in [-0.39, 0.29) is 22.8 Å². The van der Waals surface area contributed by atoms with Crippen LogP contribution in [-0.2, 0) is 14.3 Å². The summed E-state index contributed by atoms with van der Waals surface area (Å²) < 4.78 is 4.81. The van der Waals surface area contributed by atoms with Gasteiger partial charge in [0.05, 0.1) is 10.8 Å². The van der Waals surface area contributed by atoms with Crippen LogP contribution < -0.4 is 0 Å². The molecule has 5 rings (SSSR count). The van der Waals surface area contributed by atoms with Gasteiger partial charge in [0.25, 0.3) is 0 Å². The van der Waals surface area contributed by atoms with Crippen LogP contribution in [0.25, 0.3) is 0 Å². The normalized spacial score (nSPS) is 60.6. The number of rotatable bonds is 0. The third kappa shape index (κ3) is 0.402. The number of hydrogen-bond donors (Lipinski definition) is 0. The van der Waals surface area contributed by atoms with Gasteiger partial charge >= 0.3 is 11.9 Å². The minimum atomic E-state index is -0.348. The number of carbonyl (C=O) groups is 2. The van der Waals surface area contributed by atoms with E-state index in [1.807, 2.05) is 0 Å². The average molecular weight is 178 g/mol. The van der Waals surface area contributed by atoms with E-state index in [1.165, 1.54) is 0 Å². The zero-order valence-electron chi connectivity index (χ0n) is 7.21. The Labute approximate surface area is 75.4 Å². The molecule has 0 N–H and O–H groups in total. The van der Waals surface area contributed by atoms with Crippen molar-refractivity contribution in [2.45, 2.75) is 25.7 Å². The van der Waals surface area contributed by atoms with Gasteiger partial charge in [0.15, 0.2) is 0 Å².